The van der Waals surface area contributed by atoms with Gasteiger partial charge >= 0.3 is 0 Å². The molecule has 0 unspecified atom stereocenters. The normalized spacial score (nSPS) is 11.0. The fourth-order valence-electron chi connectivity index (χ4n) is 2.86. The Morgan fingerprint density at radius 3 is 2.48 bits per heavy atom. The molecule has 150 valence electrons. The van der Waals surface area contributed by atoms with Gasteiger partial charge in [-0.2, -0.15) is 5.10 Å². The van der Waals surface area contributed by atoms with E-state index >= 15 is 0 Å². The van der Waals surface area contributed by atoms with Crippen LogP contribution >= 0.6 is 11.3 Å². The highest BCUT2D eigenvalue weighted by Crippen LogP contribution is 2.24. The summed E-state index contributed by atoms with van der Waals surface area (Å²) in [6.45, 7) is 6.16. The number of hydrazone groups is 1. The fraction of sp³-hybridized carbons (Fsp3) is 0.227. The predicted octanol–water partition coefficient (Wildman–Crippen LogP) is 4.49. The van der Waals surface area contributed by atoms with Crippen molar-refractivity contribution in [3.8, 4) is 10.6 Å². The van der Waals surface area contributed by atoms with Gasteiger partial charge in [-0.15, -0.1) is 11.3 Å². The summed E-state index contributed by atoms with van der Waals surface area (Å²) in [5, 5.41) is 6.60. The van der Waals surface area contributed by atoms with Gasteiger partial charge in [0.2, 0.25) is 5.91 Å². The van der Waals surface area contributed by atoms with E-state index in [4.69, 9.17) is 0 Å². The van der Waals surface area contributed by atoms with Crippen molar-refractivity contribution in [3.63, 3.8) is 0 Å². The van der Waals surface area contributed by atoms with E-state index in [9.17, 15) is 9.18 Å². The van der Waals surface area contributed by atoms with Crippen LogP contribution in [0.1, 0.15) is 25.1 Å². The summed E-state index contributed by atoms with van der Waals surface area (Å²) in [5.74, 6) is -0.526. The molecule has 1 aromatic heterocycles. The number of nitrogens with one attached hydrogen (secondary N) is 1. The summed E-state index contributed by atoms with van der Waals surface area (Å²) in [7, 11) is 0. The number of rotatable bonds is 8. The summed E-state index contributed by atoms with van der Waals surface area (Å²) < 4.78 is 13.0. The number of nitrogens with zero attached hydrogens (tertiary/aromatic N) is 3. The molecule has 29 heavy (non-hydrogen) atoms. The molecular weight excluding hydrogens is 387 g/mol. The molecule has 0 atom stereocenters. The highest BCUT2D eigenvalue weighted by molar-refractivity contribution is 7.13. The van der Waals surface area contributed by atoms with Crippen LogP contribution < -0.4 is 10.3 Å². The lowest BCUT2D eigenvalue weighted by atomic mass is 10.2. The molecule has 0 bridgehead atoms. The molecule has 3 aromatic rings. The van der Waals surface area contributed by atoms with Crippen molar-refractivity contribution >= 4 is 29.1 Å². The molecule has 0 fully saturated rings. The zero-order chi connectivity index (χ0) is 20.6. The molecule has 0 aliphatic heterocycles. The molecular formula is C22H23FN4OS. The van der Waals surface area contributed by atoms with Gasteiger partial charge in [-0.1, -0.05) is 12.1 Å². The van der Waals surface area contributed by atoms with E-state index in [1.54, 1.807) is 18.3 Å². The van der Waals surface area contributed by atoms with E-state index in [0.717, 1.165) is 34.9 Å². The van der Waals surface area contributed by atoms with Crippen LogP contribution in [-0.4, -0.2) is 30.2 Å². The second-order valence-corrected chi connectivity index (χ2v) is 7.24. The van der Waals surface area contributed by atoms with Crippen LogP contribution in [-0.2, 0) is 11.2 Å². The first-order valence-electron chi connectivity index (χ1n) is 9.46. The first-order valence-corrected chi connectivity index (χ1v) is 10.3. The molecule has 0 aliphatic carbocycles. The monoisotopic (exact) mass is 410 g/mol. The van der Waals surface area contributed by atoms with Gasteiger partial charge in [-0.05, 0) is 55.8 Å². The topological polar surface area (TPSA) is 57.6 Å². The zero-order valence-electron chi connectivity index (χ0n) is 16.4. The van der Waals surface area contributed by atoms with Gasteiger partial charge < -0.3 is 4.90 Å². The number of hydrogen-bond acceptors (Lipinski definition) is 5. The minimum atomic E-state index is -0.287. The van der Waals surface area contributed by atoms with Crippen LogP contribution in [0.15, 0.2) is 59.0 Å². The van der Waals surface area contributed by atoms with Gasteiger partial charge in [0.05, 0.1) is 18.3 Å². The number of aromatic nitrogens is 1. The summed E-state index contributed by atoms with van der Waals surface area (Å²) in [6.07, 6.45) is 1.75. The highest BCUT2D eigenvalue weighted by atomic mass is 32.1. The Balaban J connectivity index is 1.53. The number of carbonyl (C=O) groups is 1. The zero-order valence-corrected chi connectivity index (χ0v) is 17.2. The molecule has 0 spiro atoms. The molecule has 1 N–H and O–H groups in total. The lowest BCUT2D eigenvalue weighted by Crippen LogP contribution is -2.21. The molecule has 0 saturated heterocycles. The summed E-state index contributed by atoms with van der Waals surface area (Å²) in [5.41, 5.74) is 6.09. The third-order valence-corrected chi connectivity index (χ3v) is 5.35. The van der Waals surface area contributed by atoms with Gasteiger partial charge in [-0.3, -0.25) is 4.79 Å². The number of halogens is 1. The van der Waals surface area contributed by atoms with E-state index < -0.39 is 0 Å². The van der Waals surface area contributed by atoms with Crippen molar-refractivity contribution in [3.05, 3.63) is 71.0 Å². The maximum Gasteiger partial charge on any atom is 0.246 e. The fourth-order valence-corrected chi connectivity index (χ4v) is 3.68. The van der Waals surface area contributed by atoms with Crippen LogP contribution in [0.5, 0.6) is 0 Å². The Bertz CT molecular complexity index is 963. The Labute approximate surface area is 173 Å². The largest absolute Gasteiger partial charge is 0.372 e. The summed E-state index contributed by atoms with van der Waals surface area (Å²) in [6, 6.07) is 14.2. The molecule has 2 aromatic carbocycles. The number of benzene rings is 2. The molecule has 3 rings (SSSR count). The molecule has 5 nitrogen and oxygen atoms in total. The minimum Gasteiger partial charge on any atom is -0.372 e. The van der Waals surface area contributed by atoms with Crippen molar-refractivity contribution in [1.29, 1.82) is 0 Å². The second-order valence-electron chi connectivity index (χ2n) is 6.38. The van der Waals surface area contributed by atoms with Crippen LogP contribution in [0.4, 0.5) is 10.1 Å². The van der Waals surface area contributed by atoms with E-state index in [2.05, 4.69) is 34.3 Å². The third-order valence-electron chi connectivity index (χ3n) is 4.41. The van der Waals surface area contributed by atoms with Crippen molar-refractivity contribution in [2.24, 2.45) is 5.10 Å². The lowest BCUT2D eigenvalue weighted by molar-refractivity contribution is -0.120. The molecule has 0 radical (unpaired) electrons. The molecule has 1 amide bonds. The SMILES string of the molecule is CCN(CC)c1ccc(/C=N\NC(=O)Cc2csc(-c3ccc(F)cc3)n2)cc1. The third kappa shape index (κ3) is 5.71. The molecule has 0 aliphatic rings. The van der Waals surface area contributed by atoms with Gasteiger partial charge in [0, 0.05) is 29.7 Å². The Morgan fingerprint density at radius 2 is 1.83 bits per heavy atom. The number of carbonyl (C=O) groups excluding carboxylic acids is 1. The first-order chi connectivity index (χ1) is 14.1. The summed E-state index contributed by atoms with van der Waals surface area (Å²) in [4.78, 5) is 18.8. The number of anilines is 1. The van der Waals surface area contributed by atoms with Crippen LogP contribution in [0.25, 0.3) is 10.6 Å². The van der Waals surface area contributed by atoms with Crippen molar-refractivity contribution < 1.29 is 9.18 Å². The van der Waals surface area contributed by atoms with Crippen LogP contribution in [0.2, 0.25) is 0 Å². The highest BCUT2D eigenvalue weighted by Gasteiger charge is 2.09. The minimum absolute atomic E-state index is 0.135. The van der Waals surface area contributed by atoms with Gasteiger partial charge in [-0.25, -0.2) is 14.8 Å². The van der Waals surface area contributed by atoms with Crippen molar-refractivity contribution in [1.82, 2.24) is 10.4 Å². The Morgan fingerprint density at radius 1 is 1.14 bits per heavy atom. The van der Waals surface area contributed by atoms with Crippen molar-refractivity contribution in [2.45, 2.75) is 20.3 Å². The second kappa shape index (κ2) is 9.93. The Hall–Kier alpha value is -3.06. The van der Waals surface area contributed by atoms with E-state index in [0.29, 0.717) is 5.69 Å². The maximum atomic E-state index is 13.0. The summed E-state index contributed by atoms with van der Waals surface area (Å²) >= 11 is 1.42. The standard InChI is InChI=1S/C22H23FN4OS/c1-3-27(4-2)20-11-5-16(6-12-20)14-24-26-21(28)13-19-15-29-22(25-19)17-7-9-18(23)10-8-17/h5-12,14-15H,3-4,13H2,1-2H3,(H,26,28)/b24-14-. The van der Waals surface area contributed by atoms with Crippen LogP contribution in [0.3, 0.4) is 0 Å². The van der Waals surface area contributed by atoms with Crippen LogP contribution in [0, 0.1) is 5.82 Å². The first kappa shape index (κ1) is 20.7. The van der Waals surface area contributed by atoms with E-state index in [-0.39, 0.29) is 18.1 Å². The maximum absolute atomic E-state index is 13.0. The predicted molar refractivity (Wildman–Crippen MR) is 117 cm³/mol. The van der Waals surface area contributed by atoms with Crippen molar-refractivity contribution in [2.75, 3.05) is 18.0 Å². The molecule has 0 saturated carbocycles. The lowest BCUT2D eigenvalue weighted by Gasteiger charge is -2.20. The van der Waals surface area contributed by atoms with E-state index in [1.165, 1.54) is 23.5 Å². The molecule has 7 heteroatoms. The smallest absolute Gasteiger partial charge is 0.246 e. The Kier molecular flexibility index (Phi) is 7.08. The van der Waals surface area contributed by atoms with E-state index in [1.807, 2.05) is 29.6 Å². The number of hydrogen-bond donors (Lipinski definition) is 1. The quantitative estimate of drug-likeness (QED) is 0.440. The van der Waals surface area contributed by atoms with Gasteiger partial charge in [0.25, 0.3) is 0 Å². The number of thiazole rings is 1. The average molecular weight is 411 g/mol. The molecule has 1 heterocycles. The van der Waals surface area contributed by atoms with Gasteiger partial charge in [0.15, 0.2) is 0 Å². The number of amides is 1. The average Bonchev–Trinajstić information content (AvgIpc) is 3.19. The van der Waals surface area contributed by atoms with Gasteiger partial charge in [0.1, 0.15) is 10.8 Å².